The Bertz CT molecular complexity index is 419. The molecule has 2 rings (SSSR count). The average molecular weight is 233 g/mol. The average Bonchev–Trinajstić information content (AvgIpc) is 2.40. The fourth-order valence-electron chi connectivity index (χ4n) is 2.28. The van der Waals surface area contributed by atoms with Gasteiger partial charge in [-0.1, -0.05) is 0 Å². The van der Waals surface area contributed by atoms with E-state index in [0.717, 1.165) is 37.2 Å². The van der Waals surface area contributed by atoms with Gasteiger partial charge < -0.3 is 5.32 Å². The number of pyridine rings is 1. The van der Waals surface area contributed by atoms with E-state index in [2.05, 4.69) is 16.4 Å². The normalized spacial score (nSPS) is 18.6. The van der Waals surface area contributed by atoms with E-state index >= 15 is 0 Å². The summed E-state index contributed by atoms with van der Waals surface area (Å²) in [7, 11) is 0. The second-order valence-corrected chi connectivity index (χ2v) is 4.43. The highest BCUT2D eigenvalue weighted by atomic mass is 19.1. The van der Waals surface area contributed by atoms with E-state index in [-0.39, 0.29) is 6.67 Å². The Morgan fingerprint density at radius 2 is 2.24 bits per heavy atom. The van der Waals surface area contributed by atoms with E-state index < -0.39 is 5.41 Å². The molecule has 0 atom stereocenters. The van der Waals surface area contributed by atoms with Crippen molar-refractivity contribution in [2.75, 3.05) is 19.8 Å². The summed E-state index contributed by atoms with van der Waals surface area (Å²) in [5, 5.41) is 12.7. The number of hydrogen-bond donors (Lipinski definition) is 1. The van der Waals surface area contributed by atoms with Crippen molar-refractivity contribution in [3.63, 3.8) is 0 Å². The van der Waals surface area contributed by atoms with Crippen molar-refractivity contribution in [2.24, 2.45) is 0 Å². The molecule has 0 aromatic carbocycles. The maximum absolute atomic E-state index is 12.3. The lowest BCUT2D eigenvalue weighted by molar-refractivity contribution is 0.374. The fourth-order valence-corrected chi connectivity index (χ4v) is 2.28. The lowest BCUT2D eigenvalue weighted by Crippen LogP contribution is -2.39. The molecular formula is C13H16FN3. The van der Waals surface area contributed by atoms with Crippen LogP contribution in [0.5, 0.6) is 0 Å². The molecule has 1 aromatic rings. The van der Waals surface area contributed by atoms with E-state index in [1.807, 2.05) is 12.1 Å². The molecule has 17 heavy (non-hydrogen) atoms. The highest BCUT2D eigenvalue weighted by Gasteiger charge is 2.35. The van der Waals surface area contributed by atoms with Crippen LogP contribution in [-0.2, 0) is 11.8 Å². The third kappa shape index (κ3) is 2.45. The number of aryl methyl sites for hydroxylation is 1. The summed E-state index contributed by atoms with van der Waals surface area (Å²) in [6.45, 7) is 1.30. The Kier molecular flexibility index (Phi) is 3.70. The summed E-state index contributed by atoms with van der Waals surface area (Å²) in [6.07, 6.45) is 3.63. The van der Waals surface area contributed by atoms with Crippen molar-refractivity contribution in [1.29, 1.82) is 5.26 Å². The molecule has 4 heteroatoms. The topological polar surface area (TPSA) is 48.7 Å². The second kappa shape index (κ2) is 5.24. The lowest BCUT2D eigenvalue weighted by atomic mass is 9.77. The van der Waals surface area contributed by atoms with E-state index in [9.17, 15) is 9.65 Å². The van der Waals surface area contributed by atoms with E-state index in [0.29, 0.717) is 6.42 Å². The SMILES string of the molecule is N#CC1(c2cc(CCF)ccn2)CCNCC1. The maximum Gasteiger partial charge on any atom is 0.102 e. The molecular weight excluding hydrogens is 217 g/mol. The van der Waals surface area contributed by atoms with Crippen LogP contribution >= 0.6 is 0 Å². The monoisotopic (exact) mass is 233 g/mol. The smallest absolute Gasteiger partial charge is 0.102 e. The zero-order chi connectivity index (χ0) is 12.1. The largest absolute Gasteiger partial charge is 0.317 e. The van der Waals surface area contributed by atoms with Gasteiger partial charge in [0.2, 0.25) is 0 Å². The first-order valence-corrected chi connectivity index (χ1v) is 5.94. The number of piperidine rings is 1. The molecule has 90 valence electrons. The summed E-state index contributed by atoms with van der Waals surface area (Å²) >= 11 is 0. The number of rotatable bonds is 3. The number of nitrogens with zero attached hydrogens (tertiary/aromatic N) is 2. The van der Waals surface area contributed by atoms with Crippen LogP contribution in [0.2, 0.25) is 0 Å². The highest BCUT2D eigenvalue weighted by Crippen LogP contribution is 2.31. The third-order valence-electron chi connectivity index (χ3n) is 3.37. The molecule has 0 bridgehead atoms. The van der Waals surface area contributed by atoms with Gasteiger partial charge in [0.15, 0.2) is 0 Å². The lowest BCUT2D eigenvalue weighted by Gasteiger charge is -2.30. The Labute approximate surface area is 101 Å². The fraction of sp³-hybridized carbons (Fsp3) is 0.538. The maximum atomic E-state index is 12.3. The minimum Gasteiger partial charge on any atom is -0.317 e. The molecule has 1 N–H and O–H groups in total. The van der Waals surface area contributed by atoms with Crippen molar-refractivity contribution < 1.29 is 4.39 Å². The summed E-state index contributed by atoms with van der Waals surface area (Å²) in [6, 6.07) is 6.10. The van der Waals surface area contributed by atoms with Gasteiger partial charge in [0.1, 0.15) is 5.41 Å². The van der Waals surface area contributed by atoms with Gasteiger partial charge in [-0.2, -0.15) is 5.26 Å². The molecule has 0 radical (unpaired) electrons. The molecule has 0 spiro atoms. The van der Waals surface area contributed by atoms with Gasteiger partial charge in [-0.25, -0.2) is 0 Å². The van der Waals surface area contributed by atoms with Gasteiger partial charge in [0.25, 0.3) is 0 Å². The van der Waals surface area contributed by atoms with Crippen LogP contribution in [0.1, 0.15) is 24.1 Å². The van der Waals surface area contributed by atoms with Crippen molar-refractivity contribution in [3.05, 3.63) is 29.6 Å². The molecule has 0 unspecified atom stereocenters. The summed E-state index contributed by atoms with van der Waals surface area (Å²) in [5.74, 6) is 0. The first-order valence-electron chi connectivity index (χ1n) is 5.94. The van der Waals surface area contributed by atoms with Crippen LogP contribution in [0.15, 0.2) is 18.3 Å². The Morgan fingerprint density at radius 3 is 2.88 bits per heavy atom. The van der Waals surface area contributed by atoms with E-state index in [1.165, 1.54) is 0 Å². The molecule has 0 amide bonds. The molecule has 1 aromatic heterocycles. The Morgan fingerprint density at radius 1 is 1.47 bits per heavy atom. The standard InChI is InChI=1S/C13H16FN3/c14-5-1-11-2-6-17-12(9-11)13(10-15)3-7-16-8-4-13/h2,6,9,16H,1,3-5,7-8H2. The van der Waals surface area contributed by atoms with Crippen molar-refractivity contribution in [1.82, 2.24) is 10.3 Å². The Hall–Kier alpha value is -1.47. The number of halogens is 1. The number of hydrogen-bond acceptors (Lipinski definition) is 3. The second-order valence-electron chi connectivity index (χ2n) is 4.43. The Balaban J connectivity index is 2.30. The minimum absolute atomic E-state index is 0.370. The molecule has 2 heterocycles. The quantitative estimate of drug-likeness (QED) is 0.865. The molecule has 3 nitrogen and oxygen atoms in total. The predicted octanol–water partition coefficient (Wildman–Crippen LogP) is 1.74. The van der Waals surface area contributed by atoms with Crippen molar-refractivity contribution >= 4 is 0 Å². The van der Waals surface area contributed by atoms with E-state index in [1.54, 1.807) is 6.20 Å². The predicted molar refractivity (Wildman–Crippen MR) is 63.3 cm³/mol. The van der Waals surface area contributed by atoms with Crippen LogP contribution < -0.4 is 5.32 Å². The van der Waals surface area contributed by atoms with Crippen LogP contribution in [0.25, 0.3) is 0 Å². The molecule has 1 aliphatic heterocycles. The zero-order valence-electron chi connectivity index (χ0n) is 9.75. The van der Waals surface area contributed by atoms with Gasteiger partial charge in [-0.3, -0.25) is 9.37 Å². The van der Waals surface area contributed by atoms with Crippen LogP contribution in [0.4, 0.5) is 4.39 Å². The summed E-state index contributed by atoms with van der Waals surface area (Å²) in [4.78, 5) is 4.32. The molecule has 1 fully saturated rings. The summed E-state index contributed by atoms with van der Waals surface area (Å²) in [5.41, 5.74) is 1.23. The van der Waals surface area contributed by atoms with Gasteiger partial charge in [-0.15, -0.1) is 0 Å². The van der Waals surface area contributed by atoms with Gasteiger partial charge >= 0.3 is 0 Å². The summed E-state index contributed by atoms with van der Waals surface area (Å²) < 4.78 is 12.3. The number of nitriles is 1. The van der Waals surface area contributed by atoms with E-state index in [4.69, 9.17) is 0 Å². The van der Waals surface area contributed by atoms with Crippen molar-refractivity contribution in [2.45, 2.75) is 24.7 Å². The first-order chi connectivity index (χ1) is 8.30. The van der Waals surface area contributed by atoms with Crippen LogP contribution in [0.3, 0.4) is 0 Å². The molecule has 1 saturated heterocycles. The van der Waals surface area contributed by atoms with Crippen LogP contribution in [-0.4, -0.2) is 24.7 Å². The van der Waals surface area contributed by atoms with Gasteiger partial charge in [0.05, 0.1) is 18.4 Å². The number of alkyl halides is 1. The molecule has 1 aliphatic rings. The van der Waals surface area contributed by atoms with Gasteiger partial charge in [-0.05, 0) is 43.6 Å². The van der Waals surface area contributed by atoms with Crippen LogP contribution in [0, 0.1) is 11.3 Å². The zero-order valence-corrected chi connectivity index (χ0v) is 9.75. The third-order valence-corrected chi connectivity index (χ3v) is 3.37. The van der Waals surface area contributed by atoms with Crippen molar-refractivity contribution in [3.8, 4) is 6.07 Å². The molecule has 0 saturated carbocycles. The first kappa shape index (κ1) is 12.0. The molecule has 0 aliphatic carbocycles. The van der Waals surface area contributed by atoms with Gasteiger partial charge in [0, 0.05) is 12.6 Å². The number of aromatic nitrogens is 1. The highest BCUT2D eigenvalue weighted by molar-refractivity contribution is 5.30. The number of nitrogens with one attached hydrogen (secondary N) is 1. The minimum atomic E-state index is -0.489.